The van der Waals surface area contributed by atoms with Crippen LogP contribution in [0.25, 0.3) is 0 Å². The van der Waals surface area contributed by atoms with Crippen LogP contribution in [0.1, 0.15) is 24.3 Å². The van der Waals surface area contributed by atoms with Crippen LogP contribution in [0.2, 0.25) is 0 Å². The molecular formula is C9H11NO2S. The first-order chi connectivity index (χ1) is 6.09. The SMILES string of the molecule is CC(C)Sc1cccc(C(=O)O)n1. The Kier molecular flexibility index (Phi) is 3.31. The molecule has 4 heteroatoms. The van der Waals surface area contributed by atoms with Crippen LogP contribution in [0.5, 0.6) is 0 Å². The highest BCUT2D eigenvalue weighted by molar-refractivity contribution is 7.99. The third kappa shape index (κ3) is 3.06. The largest absolute Gasteiger partial charge is 0.477 e. The Hall–Kier alpha value is -1.03. The minimum atomic E-state index is -0.980. The van der Waals surface area contributed by atoms with E-state index in [9.17, 15) is 4.79 Å². The molecule has 70 valence electrons. The van der Waals surface area contributed by atoms with Crippen molar-refractivity contribution >= 4 is 17.7 Å². The molecule has 0 aliphatic heterocycles. The first kappa shape index (κ1) is 10.1. The van der Waals surface area contributed by atoms with Crippen LogP contribution in [-0.4, -0.2) is 21.3 Å². The summed E-state index contributed by atoms with van der Waals surface area (Å²) in [6, 6.07) is 5.02. The zero-order chi connectivity index (χ0) is 9.84. The van der Waals surface area contributed by atoms with Crippen molar-refractivity contribution in [2.24, 2.45) is 0 Å². The maximum Gasteiger partial charge on any atom is 0.354 e. The molecule has 0 fully saturated rings. The minimum absolute atomic E-state index is 0.102. The van der Waals surface area contributed by atoms with Crippen LogP contribution in [0, 0.1) is 0 Å². The van der Waals surface area contributed by atoms with Gasteiger partial charge in [-0.2, -0.15) is 0 Å². The van der Waals surface area contributed by atoms with E-state index in [4.69, 9.17) is 5.11 Å². The summed E-state index contributed by atoms with van der Waals surface area (Å²) in [7, 11) is 0. The predicted octanol–water partition coefficient (Wildman–Crippen LogP) is 2.28. The van der Waals surface area contributed by atoms with E-state index < -0.39 is 5.97 Å². The maximum absolute atomic E-state index is 10.6. The number of thioether (sulfide) groups is 1. The lowest BCUT2D eigenvalue weighted by Crippen LogP contribution is -2.00. The molecule has 1 rings (SSSR count). The van der Waals surface area contributed by atoms with Crippen molar-refractivity contribution in [3.63, 3.8) is 0 Å². The van der Waals surface area contributed by atoms with E-state index in [1.807, 2.05) is 19.9 Å². The van der Waals surface area contributed by atoms with Gasteiger partial charge in [-0.05, 0) is 12.1 Å². The van der Waals surface area contributed by atoms with Crippen LogP contribution in [-0.2, 0) is 0 Å². The zero-order valence-corrected chi connectivity index (χ0v) is 8.34. The number of carboxylic acids is 1. The summed E-state index contributed by atoms with van der Waals surface area (Å²) < 4.78 is 0. The Morgan fingerprint density at radius 3 is 2.77 bits per heavy atom. The number of hydrogen-bond acceptors (Lipinski definition) is 3. The zero-order valence-electron chi connectivity index (χ0n) is 7.52. The van der Waals surface area contributed by atoms with E-state index in [1.54, 1.807) is 17.8 Å². The number of aromatic nitrogens is 1. The number of rotatable bonds is 3. The van der Waals surface area contributed by atoms with Gasteiger partial charge < -0.3 is 5.11 Å². The summed E-state index contributed by atoms with van der Waals surface area (Å²) in [5.74, 6) is -0.980. The fourth-order valence-corrected chi connectivity index (χ4v) is 1.63. The van der Waals surface area contributed by atoms with Crippen LogP contribution >= 0.6 is 11.8 Å². The molecule has 0 atom stereocenters. The van der Waals surface area contributed by atoms with E-state index in [0.717, 1.165) is 5.03 Å². The van der Waals surface area contributed by atoms with E-state index in [1.165, 1.54) is 6.07 Å². The van der Waals surface area contributed by atoms with Gasteiger partial charge in [0.25, 0.3) is 0 Å². The number of carboxylic acid groups (broad SMARTS) is 1. The lowest BCUT2D eigenvalue weighted by atomic mass is 10.4. The average Bonchev–Trinajstić information content (AvgIpc) is 2.03. The number of nitrogens with zero attached hydrogens (tertiary/aromatic N) is 1. The molecule has 0 unspecified atom stereocenters. The van der Waals surface area contributed by atoms with Gasteiger partial charge in [-0.25, -0.2) is 9.78 Å². The maximum atomic E-state index is 10.6. The molecule has 13 heavy (non-hydrogen) atoms. The summed E-state index contributed by atoms with van der Waals surface area (Å²) in [5, 5.41) is 9.84. The second-order valence-electron chi connectivity index (χ2n) is 2.83. The summed E-state index contributed by atoms with van der Waals surface area (Å²) >= 11 is 1.56. The van der Waals surface area contributed by atoms with Crippen molar-refractivity contribution in [2.45, 2.75) is 24.1 Å². The van der Waals surface area contributed by atoms with Gasteiger partial charge in [0.05, 0.1) is 5.03 Å². The van der Waals surface area contributed by atoms with Gasteiger partial charge in [-0.3, -0.25) is 0 Å². The summed E-state index contributed by atoms with van der Waals surface area (Å²) in [5.41, 5.74) is 0.102. The third-order valence-corrected chi connectivity index (χ3v) is 2.24. The Balaban J connectivity index is 2.85. The number of pyridine rings is 1. The van der Waals surface area contributed by atoms with Gasteiger partial charge in [0.1, 0.15) is 5.69 Å². The van der Waals surface area contributed by atoms with Gasteiger partial charge in [0.2, 0.25) is 0 Å². The van der Waals surface area contributed by atoms with E-state index in [2.05, 4.69) is 4.98 Å². The second kappa shape index (κ2) is 4.28. The molecule has 0 spiro atoms. The molecular weight excluding hydrogens is 186 g/mol. The van der Waals surface area contributed by atoms with Crippen LogP contribution < -0.4 is 0 Å². The Morgan fingerprint density at radius 1 is 1.54 bits per heavy atom. The lowest BCUT2D eigenvalue weighted by Gasteiger charge is -2.03. The normalized spacial score (nSPS) is 10.4. The molecule has 1 heterocycles. The Labute approximate surface area is 81.2 Å². The average molecular weight is 197 g/mol. The smallest absolute Gasteiger partial charge is 0.354 e. The van der Waals surface area contributed by atoms with Crippen molar-refractivity contribution < 1.29 is 9.90 Å². The second-order valence-corrected chi connectivity index (χ2v) is 4.43. The highest BCUT2D eigenvalue weighted by Crippen LogP contribution is 2.20. The van der Waals surface area contributed by atoms with Gasteiger partial charge in [0, 0.05) is 5.25 Å². The number of hydrogen-bond donors (Lipinski definition) is 1. The highest BCUT2D eigenvalue weighted by atomic mass is 32.2. The monoisotopic (exact) mass is 197 g/mol. The molecule has 1 N–H and O–H groups in total. The molecule has 0 saturated carbocycles. The summed E-state index contributed by atoms with van der Waals surface area (Å²) in [6.07, 6.45) is 0. The molecule has 1 aromatic rings. The van der Waals surface area contributed by atoms with Crippen molar-refractivity contribution in [2.75, 3.05) is 0 Å². The molecule has 0 amide bonds. The molecule has 0 aromatic carbocycles. The van der Waals surface area contributed by atoms with Crippen molar-refractivity contribution in [3.8, 4) is 0 Å². The molecule has 0 radical (unpaired) electrons. The van der Waals surface area contributed by atoms with Crippen LogP contribution in [0.15, 0.2) is 23.2 Å². The number of carbonyl (C=O) groups is 1. The molecule has 3 nitrogen and oxygen atoms in total. The van der Waals surface area contributed by atoms with Crippen molar-refractivity contribution in [1.29, 1.82) is 0 Å². The van der Waals surface area contributed by atoms with Crippen molar-refractivity contribution in [1.82, 2.24) is 4.98 Å². The first-order valence-electron chi connectivity index (χ1n) is 3.96. The lowest BCUT2D eigenvalue weighted by molar-refractivity contribution is 0.0689. The van der Waals surface area contributed by atoms with Crippen LogP contribution in [0.4, 0.5) is 0 Å². The van der Waals surface area contributed by atoms with Gasteiger partial charge >= 0.3 is 5.97 Å². The number of aromatic carboxylic acids is 1. The standard InChI is InChI=1S/C9H11NO2S/c1-6(2)13-8-5-3-4-7(10-8)9(11)12/h3-6H,1-2H3,(H,11,12). The van der Waals surface area contributed by atoms with Gasteiger partial charge in [-0.1, -0.05) is 19.9 Å². The Morgan fingerprint density at radius 2 is 2.23 bits per heavy atom. The van der Waals surface area contributed by atoms with E-state index >= 15 is 0 Å². The molecule has 1 aromatic heterocycles. The molecule has 0 bridgehead atoms. The van der Waals surface area contributed by atoms with E-state index in [-0.39, 0.29) is 5.69 Å². The van der Waals surface area contributed by atoms with Gasteiger partial charge in [0.15, 0.2) is 0 Å². The fraction of sp³-hybridized carbons (Fsp3) is 0.333. The molecule has 0 aliphatic rings. The molecule has 0 saturated heterocycles. The fourth-order valence-electron chi connectivity index (χ4n) is 0.841. The van der Waals surface area contributed by atoms with Gasteiger partial charge in [-0.15, -0.1) is 11.8 Å². The summed E-state index contributed by atoms with van der Waals surface area (Å²) in [6.45, 7) is 4.08. The van der Waals surface area contributed by atoms with Crippen molar-refractivity contribution in [3.05, 3.63) is 23.9 Å². The molecule has 0 aliphatic carbocycles. The van der Waals surface area contributed by atoms with Crippen LogP contribution in [0.3, 0.4) is 0 Å². The first-order valence-corrected chi connectivity index (χ1v) is 4.84. The minimum Gasteiger partial charge on any atom is -0.477 e. The Bertz CT molecular complexity index is 312. The van der Waals surface area contributed by atoms with E-state index in [0.29, 0.717) is 5.25 Å². The highest BCUT2D eigenvalue weighted by Gasteiger charge is 2.06. The third-order valence-electron chi connectivity index (χ3n) is 1.30. The quantitative estimate of drug-likeness (QED) is 0.755. The predicted molar refractivity (Wildman–Crippen MR) is 52.2 cm³/mol. The topological polar surface area (TPSA) is 50.2 Å². The summed E-state index contributed by atoms with van der Waals surface area (Å²) in [4.78, 5) is 14.5.